The van der Waals surface area contributed by atoms with E-state index in [1.54, 1.807) is 35.8 Å². The average Bonchev–Trinajstić information content (AvgIpc) is 3.60. The van der Waals surface area contributed by atoms with Crippen LogP contribution in [-0.4, -0.2) is 63.7 Å². The Kier molecular flexibility index (Phi) is 5.63. The lowest BCUT2D eigenvalue weighted by Gasteiger charge is -2.34. The van der Waals surface area contributed by atoms with Gasteiger partial charge in [-0.3, -0.25) is 9.69 Å². The normalized spacial score (nSPS) is 14.9. The van der Waals surface area contributed by atoms with Gasteiger partial charge in [0.2, 0.25) is 17.5 Å². The zero-order chi connectivity index (χ0) is 21.0. The summed E-state index contributed by atoms with van der Waals surface area (Å²) >= 11 is 1.60. The summed E-state index contributed by atoms with van der Waals surface area (Å²) < 4.78 is 15.9. The van der Waals surface area contributed by atoms with Crippen LogP contribution in [0.1, 0.15) is 22.8 Å². The van der Waals surface area contributed by atoms with Crippen LogP contribution >= 0.6 is 11.3 Å². The maximum Gasteiger partial charge on any atom is 0.276 e. The minimum absolute atomic E-state index is 0.117. The number of piperazine rings is 1. The molecule has 1 aliphatic rings. The fourth-order valence-corrected chi connectivity index (χ4v) is 4.21. The van der Waals surface area contributed by atoms with E-state index in [-0.39, 0.29) is 5.91 Å². The van der Waals surface area contributed by atoms with Crippen LogP contribution < -0.4 is 0 Å². The zero-order valence-corrected chi connectivity index (χ0v) is 17.6. The van der Waals surface area contributed by atoms with E-state index in [1.807, 2.05) is 22.4 Å². The van der Waals surface area contributed by atoms with Crippen LogP contribution in [0.15, 0.2) is 55.4 Å². The molecule has 0 radical (unpaired) electrons. The van der Waals surface area contributed by atoms with Gasteiger partial charge >= 0.3 is 0 Å². The second-order valence-electron chi connectivity index (χ2n) is 7.28. The Bertz CT molecular complexity index is 1110. The smallest absolute Gasteiger partial charge is 0.276 e. The molecule has 0 aliphatic carbocycles. The van der Waals surface area contributed by atoms with E-state index in [0.29, 0.717) is 42.0 Å². The fourth-order valence-electron chi connectivity index (χ4n) is 3.56. The monoisotopic (exact) mass is 439 g/mol. The molecule has 4 aromatic rings. The Balaban J connectivity index is 1.07. The molecule has 5 rings (SSSR count). The van der Waals surface area contributed by atoms with E-state index in [4.69, 9.17) is 13.5 Å². The minimum atomic E-state index is -0.117. The van der Waals surface area contributed by atoms with Crippen molar-refractivity contribution in [2.75, 3.05) is 32.7 Å². The van der Waals surface area contributed by atoms with E-state index >= 15 is 0 Å². The first-order valence-corrected chi connectivity index (χ1v) is 11.0. The number of hydrogen-bond acceptors (Lipinski definition) is 9. The molecule has 1 amide bonds. The molecule has 31 heavy (non-hydrogen) atoms. The first kappa shape index (κ1) is 19.7. The third-order valence-corrected chi connectivity index (χ3v) is 6.09. The van der Waals surface area contributed by atoms with Gasteiger partial charge in [0.15, 0.2) is 11.5 Å². The first-order chi connectivity index (χ1) is 15.3. The number of carbonyl (C=O) groups excluding carboxylic acids is 1. The van der Waals surface area contributed by atoms with Gasteiger partial charge in [-0.25, -0.2) is 0 Å². The Morgan fingerprint density at radius 3 is 2.74 bits per heavy atom. The number of nitrogens with zero attached hydrogens (tertiary/aromatic N) is 5. The second kappa shape index (κ2) is 8.86. The fraction of sp³-hybridized carbons (Fsp3) is 0.333. The Hall–Kier alpha value is -3.24. The number of hydrogen-bond donors (Lipinski definition) is 0. The summed E-state index contributed by atoms with van der Waals surface area (Å²) in [5.41, 5.74) is 0.304. The minimum Gasteiger partial charge on any atom is -0.461 e. The van der Waals surface area contributed by atoms with Crippen LogP contribution in [0.4, 0.5) is 0 Å². The second-order valence-corrected chi connectivity index (χ2v) is 8.23. The molecule has 0 unspecified atom stereocenters. The van der Waals surface area contributed by atoms with Gasteiger partial charge in [0.05, 0.1) is 11.1 Å². The summed E-state index contributed by atoms with van der Waals surface area (Å²) in [4.78, 5) is 22.3. The van der Waals surface area contributed by atoms with Crippen LogP contribution in [0.2, 0.25) is 0 Å². The molecule has 5 heterocycles. The van der Waals surface area contributed by atoms with E-state index in [0.717, 1.165) is 37.4 Å². The summed E-state index contributed by atoms with van der Waals surface area (Å²) in [5.74, 6) is 2.21. The lowest BCUT2D eigenvalue weighted by molar-refractivity contribution is 0.0625. The summed E-state index contributed by atoms with van der Waals surface area (Å²) in [6, 6.07) is 9.12. The van der Waals surface area contributed by atoms with Crippen LogP contribution in [0, 0.1) is 0 Å². The van der Waals surface area contributed by atoms with Gasteiger partial charge in [0.1, 0.15) is 0 Å². The van der Waals surface area contributed by atoms with Crippen molar-refractivity contribution >= 4 is 17.2 Å². The summed E-state index contributed by atoms with van der Waals surface area (Å²) in [6.07, 6.45) is 3.22. The van der Waals surface area contributed by atoms with E-state index in [1.165, 1.54) is 0 Å². The molecule has 4 aromatic heterocycles. The molecule has 0 aromatic carbocycles. The number of amides is 1. The SMILES string of the molecule is O=C(c1cc(-c2ccco2)on1)N1CCN(CCCc2nc(-c3cccs3)no2)CC1. The van der Waals surface area contributed by atoms with E-state index in [2.05, 4.69) is 20.2 Å². The quantitative estimate of drug-likeness (QED) is 0.432. The lowest BCUT2D eigenvalue weighted by atomic mass is 10.2. The lowest BCUT2D eigenvalue weighted by Crippen LogP contribution is -2.49. The predicted octanol–water partition coefficient (Wildman–Crippen LogP) is 3.44. The average molecular weight is 439 g/mol. The van der Waals surface area contributed by atoms with Crippen LogP contribution in [0.25, 0.3) is 22.2 Å². The van der Waals surface area contributed by atoms with E-state index in [9.17, 15) is 4.79 Å². The summed E-state index contributed by atoms with van der Waals surface area (Å²) in [7, 11) is 0. The largest absolute Gasteiger partial charge is 0.461 e. The molecule has 0 spiro atoms. The highest BCUT2D eigenvalue weighted by Crippen LogP contribution is 2.22. The van der Waals surface area contributed by atoms with Crippen molar-refractivity contribution in [2.45, 2.75) is 12.8 Å². The molecule has 0 bridgehead atoms. The number of carbonyl (C=O) groups is 1. The molecule has 1 saturated heterocycles. The summed E-state index contributed by atoms with van der Waals surface area (Å²) in [5, 5.41) is 9.95. The molecule has 0 atom stereocenters. The van der Waals surface area contributed by atoms with E-state index < -0.39 is 0 Å². The molecule has 9 nitrogen and oxygen atoms in total. The van der Waals surface area contributed by atoms with Crippen molar-refractivity contribution in [3.63, 3.8) is 0 Å². The maximum atomic E-state index is 12.7. The number of furan rings is 1. The third-order valence-electron chi connectivity index (χ3n) is 5.23. The Labute approximate surface area is 182 Å². The molecule has 0 N–H and O–H groups in total. The van der Waals surface area contributed by atoms with Crippen LogP contribution in [0.3, 0.4) is 0 Å². The third kappa shape index (κ3) is 4.44. The molecule has 10 heteroatoms. The van der Waals surface area contributed by atoms with Gasteiger partial charge in [-0.05, 0) is 36.5 Å². The molecule has 1 aliphatic heterocycles. The van der Waals surface area contributed by atoms with Crippen molar-refractivity contribution in [3.05, 3.63) is 53.6 Å². The van der Waals surface area contributed by atoms with Gasteiger partial charge < -0.3 is 18.4 Å². The zero-order valence-electron chi connectivity index (χ0n) is 16.8. The highest BCUT2D eigenvalue weighted by Gasteiger charge is 2.25. The molecular weight excluding hydrogens is 418 g/mol. The molecule has 0 saturated carbocycles. The van der Waals surface area contributed by atoms with Gasteiger partial charge in [-0.15, -0.1) is 11.3 Å². The summed E-state index contributed by atoms with van der Waals surface area (Å²) in [6.45, 7) is 3.87. The standard InChI is InChI=1S/C21H21N5O4S/c27-21(15-14-17(29-23-15)16-4-2-12-28-16)26-10-8-25(9-11-26)7-1-6-19-22-20(24-30-19)18-5-3-13-31-18/h2-5,12-14H,1,6-11H2. The van der Waals surface area contributed by atoms with Gasteiger partial charge in [-0.1, -0.05) is 16.4 Å². The van der Waals surface area contributed by atoms with Crippen molar-refractivity contribution in [3.8, 4) is 22.2 Å². The highest BCUT2D eigenvalue weighted by atomic mass is 32.1. The number of aryl methyl sites for hydroxylation is 1. The van der Waals surface area contributed by atoms with Crippen molar-refractivity contribution in [1.82, 2.24) is 25.1 Å². The molecule has 160 valence electrons. The highest BCUT2D eigenvalue weighted by molar-refractivity contribution is 7.13. The van der Waals surface area contributed by atoms with Crippen molar-refractivity contribution in [1.29, 1.82) is 0 Å². The number of rotatable bonds is 7. The maximum absolute atomic E-state index is 12.7. The molecule has 1 fully saturated rings. The predicted molar refractivity (Wildman–Crippen MR) is 112 cm³/mol. The van der Waals surface area contributed by atoms with Gasteiger partial charge in [-0.2, -0.15) is 4.98 Å². The van der Waals surface area contributed by atoms with Crippen molar-refractivity contribution in [2.24, 2.45) is 0 Å². The Morgan fingerprint density at radius 1 is 1.06 bits per heavy atom. The molecular formula is C21H21N5O4S. The van der Waals surface area contributed by atoms with Crippen molar-refractivity contribution < 1.29 is 18.3 Å². The van der Waals surface area contributed by atoms with Crippen LogP contribution in [-0.2, 0) is 6.42 Å². The van der Waals surface area contributed by atoms with Crippen LogP contribution in [0.5, 0.6) is 0 Å². The number of thiophene rings is 1. The first-order valence-electron chi connectivity index (χ1n) is 10.1. The number of aromatic nitrogens is 3. The van der Waals surface area contributed by atoms with Gasteiger partial charge in [0, 0.05) is 38.7 Å². The Morgan fingerprint density at radius 2 is 1.97 bits per heavy atom. The topological polar surface area (TPSA) is 102 Å². The van der Waals surface area contributed by atoms with Gasteiger partial charge in [0.25, 0.3) is 5.91 Å².